The lowest BCUT2D eigenvalue weighted by atomic mass is 9.99. The molecule has 0 aliphatic carbocycles. The highest BCUT2D eigenvalue weighted by atomic mass is 16.5. The van der Waals surface area contributed by atoms with Crippen LogP contribution in [0.25, 0.3) is 0 Å². The van der Waals surface area contributed by atoms with E-state index >= 15 is 0 Å². The summed E-state index contributed by atoms with van der Waals surface area (Å²) in [6, 6.07) is 2.92. The first-order valence-electron chi connectivity index (χ1n) is 6.55. The van der Waals surface area contributed by atoms with Crippen LogP contribution in [0.2, 0.25) is 0 Å². The summed E-state index contributed by atoms with van der Waals surface area (Å²) in [7, 11) is 2.12. The molecule has 0 saturated carbocycles. The number of hydrogen-bond acceptors (Lipinski definition) is 4. The maximum atomic E-state index is 9.23. The minimum absolute atomic E-state index is 0.399. The number of nitrogens with one attached hydrogen (secondary N) is 1. The number of ether oxygens (including phenoxy) is 1. The zero-order chi connectivity index (χ0) is 12.7. The predicted octanol–water partition coefficient (Wildman–Crippen LogP) is 1.38. The summed E-state index contributed by atoms with van der Waals surface area (Å²) >= 11 is 0. The summed E-state index contributed by atoms with van der Waals surface area (Å²) in [6.45, 7) is 7.66. The lowest BCUT2D eigenvalue weighted by molar-refractivity contribution is 0.154. The molecule has 2 unspecified atom stereocenters. The Balaban J connectivity index is 2.33. The van der Waals surface area contributed by atoms with Crippen molar-refractivity contribution in [2.75, 3.05) is 33.4 Å². The van der Waals surface area contributed by atoms with Crippen LogP contribution in [0.15, 0.2) is 0 Å². The van der Waals surface area contributed by atoms with E-state index in [0.717, 1.165) is 45.6 Å². The molecule has 0 radical (unpaired) electrons. The van der Waals surface area contributed by atoms with Gasteiger partial charge >= 0.3 is 0 Å². The minimum atomic E-state index is -0.399. The molecule has 98 valence electrons. The van der Waals surface area contributed by atoms with Crippen LogP contribution >= 0.6 is 0 Å². The van der Waals surface area contributed by atoms with Gasteiger partial charge in [-0.25, -0.2) is 0 Å². The normalized spacial score (nSPS) is 23.6. The van der Waals surface area contributed by atoms with Crippen molar-refractivity contribution in [3.8, 4) is 6.07 Å². The molecule has 1 aliphatic heterocycles. The maximum absolute atomic E-state index is 9.23. The summed E-state index contributed by atoms with van der Waals surface area (Å²) < 4.78 is 5.38. The van der Waals surface area contributed by atoms with Crippen molar-refractivity contribution in [3.05, 3.63) is 0 Å². The zero-order valence-corrected chi connectivity index (χ0v) is 11.3. The lowest BCUT2D eigenvalue weighted by Crippen LogP contribution is -2.45. The first-order chi connectivity index (χ1) is 8.11. The van der Waals surface area contributed by atoms with E-state index in [1.807, 2.05) is 6.92 Å². The molecule has 0 aromatic carbocycles. The van der Waals surface area contributed by atoms with Crippen molar-refractivity contribution in [1.82, 2.24) is 10.2 Å². The molecule has 17 heavy (non-hydrogen) atoms. The molecule has 1 N–H and O–H groups in total. The summed E-state index contributed by atoms with van der Waals surface area (Å²) in [5, 5.41) is 12.6. The highest BCUT2D eigenvalue weighted by Crippen LogP contribution is 2.14. The molecule has 0 spiro atoms. The summed E-state index contributed by atoms with van der Waals surface area (Å²) in [6.07, 6.45) is 3.03. The van der Waals surface area contributed by atoms with Crippen LogP contribution < -0.4 is 5.32 Å². The van der Waals surface area contributed by atoms with Crippen LogP contribution in [0.1, 0.15) is 33.1 Å². The predicted molar refractivity (Wildman–Crippen MR) is 68.8 cm³/mol. The van der Waals surface area contributed by atoms with Crippen LogP contribution in [0, 0.1) is 11.3 Å². The van der Waals surface area contributed by atoms with Gasteiger partial charge in [-0.05, 0) is 39.8 Å². The zero-order valence-electron chi connectivity index (χ0n) is 11.3. The van der Waals surface area contributed by atoms with Crippen LogP contribution in [-0.4, -0.2) is 49.8 Å². The molecule has 1 heterocycles. The number of hydrogen-bond donors (Lipinski definition) is 1. The van der Waals surface area contributed by atoms with E-state index in [1.54, 1.807) is 0 Å². The van der Waals surface area contributed by atoms with Gasteiger partial charge < -0.3 is 9.64 Å². The molecule has 0 amide bonds. The highest BCUT2D eigenvalue weighted by molar-refractivity contribution is 5.04. The standard InChI is InChI=1S/C13H25N3O/c1-4-7-15-13(2,11-14)6-8-16(3)12-5-9-17-10-12/h12,15H,4-10H2,1-3H3. The van der Waals surface area contributed by atoms with E-state index in [4.69, 9.17) is 4.74 Å². The largest absolute Gasteiger partial charge is 0.380 e. The third-order valence-corrected chi connectivity index (χ3v) is 3.51. The van der Waals surface area contributed by atoms with E-state index in [9.17, 15) is 5.26 Å². The Kier molecular flexibility index (Phi) is 5.90. The van der Waals surface area contributed by atoms with Crippen molar-refractivity contribution >= 4 is 0 Å². The highest BCUT2D eigenvalue weighted by Gasteiger charge is 2.26. The molecule has 4 nitrogen and oxygen atoms in total. The van der Waals surface area contributed by atoms with Crippen LogP contribution in [0.5, 0.6) is 0 Å². The van der Waals surface area contributed by atoms with E-state index < -0.39 is 5.54 Å². The quantitative estimate of drug-likeness (QED) is 0.729. The van der Waals surface area contributed by atoms with Crippen molar-refractivity contribution < 1.29 is 4.74 Å². The summed E-state index contributed by atoms with van der Waals surface area (Å²) in [5.41, 5.74) is -0.399. The average molecular weight is 239 g/mol. The van der Waals surface area contributed by atoms with Gasteiger partial charge in [0.25, 0.3) is 0 Å². The third kappa shape index (κ3) is 4.63. The number of likely N-dealkylation sites (N-methyl/N-ethyl adjacent to an activating group) is 1. The monoisotopic (exact) mass is 239 g/mol. The first kappa shape index (κ1) is 14.4. The van der Waals surface area contributed by atoms with Gasteiger partial charge in [-0.1, -0.05) is 6.92 Å². The van der Waals surface area contributed by atoms with Gasteiger partial charge in [0.2, 0.25) is 0 Å². The fraction of sp³-hybridized carbons (Fsp3) is 0.923. The van der Waals surface area contributed by atoms with Crippen LogP contribution in [0.4, 0.5) is 0 Å². The van der Waals surface area contributed by atoms with Crippen molar-refractivity contribution in [1.29, 1.82) is 5.26 Å². The molecular formula is C13H25N3O. The molecule has 2 atom stereocenters. The van der Waals surface area contributed by atoms with Gasteiger partial charge in [0, 0.05) is 19.2 Å². The Labute approximate surface area is 105 Å². The van der Waals surface area contributed by atoms with E-state index in [0.29, 0.717) is 6.04 Å². The topological polar surface area (TPSA) is 48.3 Å². The molecule has 0 aromatic heterocycles. The number of rotatable bonds is 7. The molecule has 1 aliphatic rings. The van der Waals surface area contributed by atoms with Gasteiger partial charge in [0.1, 0.15) is 5.54 Å². The average Bonchev–Trinajstić information content (AvgIpc) is 2.87. The van der Waals surface area contributed by atoms with E-state index in [2.05, 4.69) is 30.3 Å². The fourth-order valence-corrected chi connectivity index (χ4v) is 2.04. The maximum Gasteiger partial charge on any atom is 0.105 e. The van der Waals surface area contributed by atoms with Crippen molar-refractivity contribution in [3.63, 3.8) is 0 Å². The Morgan fingerprint density at radius 3 is 2.88 bits per heavy atom. The number of nitriles is 1. The molecule has 1 rings (SSSR count). The fourth-order valence-electron chi connectivity index (χ4n) is 2.04. The second kappa shape index (κ2) is 6.95. The summed E-state index contributed by atoms with van der Waals surface area (Å²) in [4.78, 5) is 2.32. The van der Waals surface area contributed by atoms with Crippen LogP contribution in [-0.2, 0) is 4.74 Å². The van der Waals surface area contributed by atoms with Gasteiger partial charge in [-0.3, -0.25) is 5.32 Å². The van der Waals surface area contributed by atoms with E-state index in [1.165, 1.54) is 0 Å². The molecule has 4 heteroatoms. The third-order valence-electron chi connectivity index (χ3n) is 3.51. The molecule has 1 fully saturated rings. The second-order valence-electron chi connectivity index (χ2n) is 5.12. The Morgan fingerprint density at radius 2 is 2.35 bits per heavy atom. The Morgan fingerprint density at radius 1 is 1.59 bits per heavy atom. The Hall–Kier alpha value is -0.630. The SMILES string of the molecule is CCCNC(C)(C#N)CCN(C)C1CCOC1. The van der Waals surface area contributed by atoms with Gasteiger partial charge in [0.05, 0.1) is 12.7 Å². The Bertz CT molecular complexity index is 258. The number of nitrogens with zero attached hydrogens (tertiary/aromatic N) is 2. The molecular weight excluding hydrogens is 214 g/mol. The molecule has 0 bridgehead atoms. The van der Waals surface area contributed by atoms with Gasteiger partial charge in [0.15, 0.2) is 0 Å². The first-order valence-corrected chi connectivity index (χ1v) is 6.55. The van der Waals surface area contributed by atoms with Crippen molar-refractivity contribution in [2.24, 2.45) is 0 Å². The van der Waals surface area contributed by atoms with Gasteiger partial charge in [-0.2, -0.15) is 5.26 Å². The molecule has 1 saturated heterocycles. The summed E-state index contributed by atoms with van der Waals surface area (Å²) in [5.74, 6) is 0. The van der Waals surface area contributed by atoms with Crippen LogP contribution in [0.3, 0.4) is 0 Å². The van der Waals surface area contributed by atoms with E-state index in [-0.39, 0.29) is 0 Å². The second-order valence-corrected chi connectivity index (χ2v) is 5.12. The molecule has 0 aromatic rings. The smallest absolute Gasteiger partial charge is 0.105 e. The lowest BCUT2D eigenvalue weighted by Gasteiger charge is -2.28. The van der Waals surface area contributed by atoms with Gasteiger partial charge in [-0.15, -0.1) is 0 Å². The minimum Gasteiger partial charge on any atom is -0.380 e. The van der Waals surface area contributed by atoms with Crippen molar-refractivity contribution in [2.45, 2.75) is 44.7 Å².